The number of imide groups is 1. The molecular weight excluding hydrogens is 410 g/mol. The first-order chi connectivity index (χ1) is 15.5. The third-order valence-electron chi connectivity index (χ3n) is 6.50. The second kappa shape index (κ2) is 8.27. The Morgan fingerprint density at radius 2 is 1.91 bits per heavy atom. The Kier molecular flexibility index (Phi) is 5.30. The molecule has 1 unspecified atom stereocenters. The number of fused-ring (bicyclic) bond motifs is 1. The van der Waals surface area contributed by atoms with Gasteiger partial charge in [-0.3, -0.25) is 24.6 Å². The van der Waals surface area contributed by atoms with Gasteiger partial charge in [0.15, 0.2) is 0 Å². The van der Waals surface area contributed by atoms with Crippen molar-refractivity contribution in [3.63, 3.8) is 0 Å². The van der Waals surface area contributed by atoms with Crippen molar-refractivity contribution in [3.8, 4) is 11.5 Å². The second-order valence-corrected chi connectivity index (χ2v) is 8.58. The van der Waals surface area contributed by atoms with Crippen LogP contribution in [0.1, 0.15) is 40.2 Å². The van der Waals surface area contributed by atoms with Crippen LogP contribution >= 0.6 is 0 Å². The van der Waals surface area contributed by atoms with Crippen molar-refractivity contribution >= 4 is 17.7 Å². The van der Waals surface area contributed by atoms with E-state index in [0.717, 1.165) is 30.8 Å². The zero-order valence-electron chi connectivity index (χ0n) is 17.6. The fourth-order valence-electron chi connectivity index (χ4n) is 4.72. The number of ether oxygens (including phenoxy) is 1. The first-order valence-electron chi connectivity index (χ1n) is 10.9. The zero-order valence-corrected chi connectivity index (χ0v) is 17.6. The van der Waals surface area contributed by atoms with Crippen molar-refractivity contribution in [3.05, 3.63) is 59.2 Å². The Morgan fingerprint density at radius 1 is 1.09 bits per heavy atom. The number of phenolic OH excluding ortho intramolecular Hbond substituents is 1. The molecule has 0 spiro atoms. The highest BCUT2D eigenvalue weighted by Crippen LogP contribution is 2.33. The summed E-state index contributed by atoms with van der Waals surface area (Å²) in [6.45, 7) is 3.42. The van der Waals surface area contributed by atoms with Gasteiger partial charge in [0.1, 0.15) is 24.1 Å². The van der Waals surface area contributed by atoms with Gasteiger partial charge < -0.3 is 14.7 Å². The molecule has 0 aromatic heterocycles. The van der Waals surface area contributed by atoms with Crippen LogP contribution in [-0.2, 0) is 16.1 Å². The summed E-state index contributed by atoms with van der Waals surface area (Å²) in [5.41, 5.74) is 2.41. The number of para-hydroxylation sites is 1. The van der Waals surface area contributed by atoms with Crippen LogP contribution in [0, 0.1) is 0 Å². The maximum absolute atomic E-state index is 12.8. The van der Waals surface area contributed by atoms with Gasteiger partial charge in [-0.15, -0.1) is 0 Å². The highest BCUT2D eigenvalue weighted by atomic mass is 16.5. The Labute approximate surface area is 185 Å². The van der Waals surface area contributed by atoms with E-state index in [1.165, 1.54) is 4.90 Å². The van der Waals surface area contributed by atoms with Crippen LogP contribution < -0.4 is 10.1 Å². The van der Waals surface area contributed by atoms with E-state index in [1.807, 2.05) is 24.3 Å². The van der Waals surface area contributed by atoms with Gasteiger partial charge >= 0.3 is 0 Å². The summed E-state index contributed by atoms with van der Waals surface area (Å²) in [7, 11) is 0. The average molecular weight is 435 g/mol. The molecule has 0 radical (unpaired) electrons. The summed E-state index contributed by atoms with van der Waals surface area (Å²) in [5, 5.41) is 12.3. The number of benzene rings is 2. The number of carbonyl (C=O) groups is 3. The molecule has 2 aromatic carbocycles. The number of aromatic hydroxyl groups is 1. The molecule has 3 aliphatic rings. The highest BCUT2D eigenvalue weighted by molar-refractivity contribution is 6.05. The molecule has 2 saturated heterocycles. The molecule has 1 atom stereocenters. The van der Waals surface area contributed by atoms with E-state index in [9.17, 15) is 19.5 Å². The third kappa shape index (κ3) is 3.82. The number of phenols is 1. The van der Waals surface area contributed by atoms with E-state index in [1.54, 1.807) is 18.2 Å². The molecule has 166 valence electrons. The van der Waals surface area contributed by atoms with Gasteiger partial charge in [-0.25, -0.2) is 0 Å². The highest BCUT2D eigenvalue weighted by Gasteiger charge is 2.39. The monoisotopic (exact) mass is 435 g/mol. The molecule has 0 aliphatic carbocycles. The number of amides is 3. The van der Waals surface area contributed by atoms with E-state index in [2.05, 4.69) is 10.2 Å². The zero-order chi connectivity index (χ0) is 22.2. The predicted octanol–water partition coefficient (Wildman–Crippen LogP) is 1.63. The lowest BCUT2D eigenvalue weighted by atomic mass is 9.91. The molecule has 32 heavy (non-hydrogen) atoms. The summed E-state index contributed by atoms with van der Waals surface area (Å²) in [4.78, 5) is 40.1. The number of hydrogen-bond donors (Lipinski definition) is 2. The lowest BCUT2D eigenvalue weighted by Crippen LogP contribution is -2.52. The number of rotatable bonds is 6. The van der Waals surface area contributed by atoms with Gasteiger partial charge in [0.2, 0.25) is 11.8 Å². The molecule has 8 nitrogen and oxygen atoms in total. The standard InChI is InChI=1S/C24H25N3O5/c28-21-4-2-1-3-18(21)16-12-26(13-16)9-10-32-17-5-6-19-15(11-17)14-27(24(19)31)20-7-8-22(29)25-23(20)30/h1-6,11,16,20,28H,7-10,12-14H2,(H,25,29,30). The minimum absolute atomic E-state index is 0.183. The summed E-state index contributed by atoms with van der Waals surface area (Å²) >= 11 is 0. The van der Waals surface area contributed by atoms with Gasteiger partial charge in [-0.2, -0.15) is 0 Å². The average Bonchev–Trinajstić information content (AvgIpc) is 3.06. The maximum Gasteiger partial charge on any atom is 0.255 e. The minimum Gasteiger partial charge on any atom is -0.508 e. The molecule has 2 aromatic rings. The van der Waals surface area contributed by atoms with Gasteiger partial charge in [-0.05, 0) is 41.8 Å². The van der Waals surface area contributed by atoms with Gasteiger partial charge in [0, 0.05) is 44.1 Å². The number of nitrogens with one attached hydrogen (secondary N) is 1. The summed E-state index contributed by atoms with van der Waals surface area (Å²) in [5.74, 6) is 0.514. The summed E-state index contributed by atoms with van der Waals surface area (Å²) in [6.07, 6.45) is 0.595. The summed E-state index contributed by atoms with van der Waals surface area (Å²) in [6, 6.07) is 12.2. The SMILES string of the molecule is O=C1CCC(N2Cc3cc(OCCN4CC(c5ccccc5O)C4)ccc3C2=O)C(=O)N1. The smallest absolute Gasteiger partial charge is 0.255 e. The van der Waals surface area contributed by atoms with Crippen LogP contribution in [0.15, 0.2) is 42.5 Å². The van der Waals surface area contributed by atoms with Crippen LogP contribution in [0.5, 0.6) is 11.5 Å². The molecule has 2 N–H and O–H groups in total. The largest absolute Gasteiger partial charge is 0.508 e. The lowest BCUT2D eigenvalue weighted by molar-refractivity contribution is -0.136. The van der Waals surface area contributed by atoms with E-state index in [4.69, 9.17) is 4.74 Å². The molecule has 0 saturated carbocycles. The summed E-state index contributed by atoms with van der Waals surface area (Å²) < 4.78 is 5.91. The van der Waals surface area contributed by atoms with Crippen LogP contribution in [0.4, 0.5) is 0 Å². The van der Waals surface area contributed by atoms with Gasteiger partial charge in [0.05, 0.1) is 0 Å². The Bertz CT molecular complexity index is 1080. The van der Waals surface area contributed by atoms with Crippen molar-refractivity contribution in [2.75, 3.05) is 26.2 Å². The Balaban J connectivity index is 1.13. The topological polar surface area (TPSA) is 99.2 Å². The Hall–Kier alpha value is -3.39. The van der Waals surface area contributed by atoms with Gasteiger partial charge in [-0.1, -0.05) is 18.2 Å². The van der Waals surface area contributed by atoms with Crippen LogP contribution in [-0.4, -0.2) is 64.9 Å². The van der Waals surface area contributed by atoms with Crippen molar-refractivity contribution in [2.24, 2.45) is 0 Å². The van der Waals surface area contributed by atoms with Crippen molar-refractivity contribution in [2.45, 2.75) is 31.3 Å². The molecule has 8 heteroatoms. The minimum atomic E-state index is -0.611. The fourth-order valence-corrected chi connectivity index (χ4v) is 4.72. The predicted molar refractivity (Wildman–Crippen MR) is 115 cm³/mol. The third-order valence-corrected chi connectivity index (χ3v) is 6.50. The van der Waals surface area contributed by atoms with Crippen molar-refractivity contribution in [1.82, 2.24) is 15.1 Å². The molecule has 5 rings (SSSR count). The number of nitrogens with zero attached hydrogens (tertiary/aromatic N) is 2. The first-order valence-corrected chi connectivity index (χ1v) is 10.9. The van der Waals surface area contributed by atoms with Crippen molar-refractivity contribution in [1.29, 1.82) is 0 Å². The first kappa shape index (κ1) is 20.5. The second-order valence-electron chi connectivity index (χ2n) is 8.58. The number of hydrogen-bond acceptors (Lipinski definition) is 6. The quantitative estimate of drug-likeness (QED) is 0.670. The van der Waals surface area contributed by atoms with Gasteiger partial charge in [0.25, 0.3) is 5.91 Å². The number of likely N-dealkylation sites (tertiary alicyclic amines) is 1. The fraction of sp³-hybridized carbons (Fsp3) is 0.375. The van der Waals surface area contributed by atoms with Crippen molar-refractivity contribution < 1.29 is 24.2 Å². The molecular formula is C24H25N3O5. The van der Waals surface area contributed by atoms with E-state index in [0.29, 0.717) is 42.6 Å². The number of carbonyl (C=O) groups excluding carboxylic acids is 3. The van der Waals surface area contributed by atoms with E-state index >= 15 is 0 Å². The molecule has 3 amide bonds. The molecule has 0 bridgehead atoms. The molecule has 3 aliphatic heterocycles. The van der Waals surface area contributed by atoms with E-state index in [-0.39, 0.29) is 18.2 Å². The van der Waals surface area contributed by atoms with Crippen LogP contribution in [0.25, 0.3) is 0 Å². The van der Waals surface area contributed by atoms with E-state index < -0.39 is 11.9 Å². The van der Waals surface area contributed by atoms with Crippen LogP contribution in [0.2, 0.25) is 0 Å². The normalized spacial score (nSPS) is 21.3. The number of piperidine rings is 1. The lowest BCUT2D eigenvalue weighted by Gasteiger charge is -2.39. The molecule has 2 fully saturated rings. The van der Waals surface area contributed by atoms with Crippen LogP contribution in [0.3, 0.4) is 0 Å². The maximum atomic E-state index is 12.8. The Morgan fingerprint density at radius 3 is 2.69 bits per heavy atom. The molecule has 3 heterocycles.